The van der Waals surface area contributed by atoms with Gasteiger partial charge in [0.15, 0.2) is 0 Å². The van der Waals surface area contributed by atoms with Crippen molar-refractivity contribution in [1.29, 1.82) is 0 Å². The van der Waals surface area contributed by atoms with Gasteiger partial charge in [0.05, 0.1) is 0 Å². The first-order valence-corrected chi connectivity index (χ1v) is 12.7. The van der Waals surface area contributed by atoms with E-state index in [2.05, 4.69) is 46.9 Å². The first-order valence-electron chi connectivity index (χ1n) is 12.7. The molecule has 0 spiro atoms. The smallest absolute Gasteiger partial charge is 0.220 e. The maximum Gasteiger partial charge on any atom is 0.220 e. The highest BCUT2D eigenvalue weighted by atomic mass is 16.1. The van der Waals surface area contributed by atoms with E-state index in [0.717, 1.165) is 32.1 Å². The van der Waals surface area contributed by atoms with E-state index in [1.807, 2.05) is 48.5 Å². The average molecular weight is 456 g/mol. The van der Waals surface area contributed by atoms with E-state index in [4.69, 9.17) is 0 Å². The van der Waals surface area contributed by atoms with Gasteiger partial charge < -0.3 is 5.32 Å². The Labute approximate surface area is 201 Å². The Morgan fingerprint density at radius 2 is 1.03 bits per heavy atom. The van der Waals surface area contributed by atoms with Crippen molar-refractivity contribution in [3.8, 4) is 0 Å². The molecule has 1 amide bonds. The molecule has 0 fully saturated rings. The number of carbonyl (C=O) groups excluding carboxylic acids is 3. The minimum atomic E-state index is -0.144. The summed E-state index contributed by atoms with van der Waals surface area (Å²) >= 11 is 0. The fourth-order valence-corrected chi connectivity index (χ4v) is 2.55. The Morgan fingerprint density at radius 3 is 1.34 bits per heavy atom. The Kier molecular flexibility index (Phi) is 21.3. The molecule has 1 N–H and O–H groups in total. The van der Waals surface area contributed by atoms with Crippen LogP contribution < -0.4 is 5.32 Å². The van der Waals surface area contributed by atoms with Gasteiger partial charge in [-0.15, -0.1) is 0 Å². The van der Waals surface area contributed by atoms with Crippen molar-refractivity contribution in [2.75, 3.05) is 0 Å². The molecule has 0 radical (unpaired) electrons. The van der Waals surface area contributed by atoms with Gasteiger partial charge in [-0.3, -0.25) is 14.4 Å². The summed E-state index contributed by atoms with van der Waals surface area (Å²) in [5, 5.41) is 2.84. The average Bonchev–Trinajstić information content (AvgIpc) is 2.56. The number of Topliss-reactive ketones (excluding diaryl/α,β-unsaturated/α-hetero) is 2. The van der Waals surface area contributed by atoms with Crippen molar-refractivity contribution >= 4 is 17.5 Å². The molecule has 0 aromatic carbocycles. The molecule has 0 atom stereocenters. The third-order valence-electron chi connectivity index (χ3n) is 4.47. The molecule has 0 aliphatic carbocycles. The standard InChI is InChI=1S/2C10H20O.C8H17NO/c1-8(2)6-7-9(11)10(3,4)5;1-8(2)5-6-10(11)7-9(3)4;1-6(2)5-8(10)9-7(3)4/h8H,6-7H2,1-5H3;8-9H,5-7H2,1-4H3;6-7H,5H2,1-4H3,(H,9,10). The Hall–Kier alpha value is -1.19. The zero-order chi connectivity index (χ0) is 26.1. The van der Waals surface area contributed by atoms with E-state index in [1.165, 1.54) is 0 Å². The van der Waals surface area contributed by atoms with E-state index in [1.54, 1.807) is 0 Å². The van der Waals surface area contributed by atoms with Gasteiger partial charge in [0.2, 0.25) is 5.91 Å². The summed E-state index contributed by atoms with van der Waals surface area (Å²) in [6.45, 7) is 26.8. The topological polar surface area (TPSA) is 63.2 Å². The molecule has 0 saturated heterocycles. The normalized spacial score (nSPS) is 11.3. The first kappa shape index (κ1) is 35.4. The van der Waals surface area contributed by atoms with Crippen LogP contribution in [0.5, 0.6) is 0 Å². The van der Waals surface area contributed by atoms with Crippen molar-refractivity contribution in [2.45, 2.75) is 135 Å². The predicted octanol–water partition coefficient (Wildman–Crippen LogP) is 7.63. The van der Waals surface area contributed by atoms with Crippen LogP contribution in [0.1, 0.15) is 129 Å². The maximum atomic E-state index is 11.4. The van der Waals surface area contributed by atoms with Gasteiger partial charge >= 0.3 is 0 Å². The Morgan fingerprint density at radius 1 is 0.625 bits per heavy atom. The van der Waals surface area contributed by atoms with Crippen molar-refractivity contribution in [2.24, 2.45) is 29.1 Å². The predicted molar refractivity (Wildman–Crippen MR) is 140 cm³/mol. The van der Waals surface area contributed by atoms with Crippen LogP contribution in [0.3, 0.4) is 0 Å². The molecule has 4 heteroatoms. The lowest BCUT2D eigenvalue weighted by Gasteiger charge is -2.16. The second-order valence-corrected chi connectivity index (χ2v) is 12.0. The fourth-order valence-electron chi connectivity index (χ4n) is 2.55. The van der Waals surface area contributed by atoms with Crippen molar-refractivity contribution in [3.05, 3.63) is 0 Å². The summed E-state index contributed by atoms with van der Waals surface area (Å²) in [6, 6.07) is 0.270. The Bertz CT molecular complexity index is 485. The summed E-state index contributed by atoms with van der Waals surface area (Å²) in [4.78, 5) is 33.5. The van der Waals surface area contributed by atoms with Crippen molar-refractivity contribution in [3.63, 3.8) is 0 Å². The van der Waals surface area contributed by atoms with Crippen LogP contribution >= 0.6 is 0 Å². The summed E-state index contributed by atoms with van der Waals surface area (Å²) < 4.78 is 0. The molecule has 192 valence electrons. The van der Waals surface area contributed by atoms with Gasteiger partial charge in [0.25, 0.3) is 0 Å². The van der Waals surface area contributed by atoms with Crippen molar-refractivity contribution in [1.82, 2.24) is 5.32 Å². The number of carbonyl (C=O) groups is 3. The van der Waals surface area contributed by atoms with Gasteiger partial charge in [-0.2, -0.15) is 0 Å². The monoisotopic (exact) mass is 455 g/mol. The SMILES string of the molecule is CC(C)CC(=O)NC(C)C.CC(C)CCC(=O)C(C)(C)C.CC(C)CCC(=O)CC(C)C. The number of amides is 1. The molecular formula is C28H57NO3. The summed E-state index contributed by atoms with van der Waals surface area (Å²) in [6.07, 6.45) is 4.98. The van der Waals surface area contributed by atoms with Crippen LogP contribution in [0, 0.1) is 29.1 Å². The summed E-state index contributed by atoms with van der Waals surface area (Å²) in [5.74, 6) is 3.24. The zero-order valence-corrected chi connectivity index (χ0v) is 23.9. The molecule has 4 nitrogen and oxygen atoms in total. The number of hydrogen-bond acceptors (Lipinski definition) is 3. The van der Waals surface area contributed by atoms with Crippen LogP contribution in [0.4, 0.5) is 0 Å². The van der Waals surface area contributed by atoms with Crippen LogP contribution in [-0.2, 0) is 14.4 Å². The van der Waals surface area contributed by atoms with Gasteiger partial charge in [-0.05, 0) is 50.4 Å². The lowest BCUT2D eigenvalue weighted by atomic mass is 9.87. The molecule has 0 bridgehead atoms. The third kappa shape index (κ3) is 31.0. The second-order valence-electron chi connectivity index (χ2n) is 12.0. The van der Waals surface area contributed by atoms with Crippen LogP contribution in [0.15, 0.2) is 0 Å². The van der Waals surface area contributed by atoms with Crippen LogP contribution in [0.2, 0.25) is 0 Å². The zero-order valence-electron chi connectivity index (χ0n) is 23.9. The lowest BCUT2D eigenvalue weighted by molar-refractivity contribution is -0.126. The Balaban J connectivity index is -0.000000395. The van der Waals surface area contributed by atoms with Crippen LogP contribution in [0.25, 0.3) is 0 Å². The second kappa shape index (κ2) is 19.3. The quantitative estimate of drug-likeness (QED) is 0.348. The highest BCUT2D eigenvalue weighted by Gasteiger charge is 2.20. The number of nitrogens with one attached hydrogen (secondary N) is 1. The number of hydrogen-bond donors (Lipinski definition) is 1. The lowest BCUT2D eigenvalue weighted by Crippen LogP contribution is -2.30. The molecule has 32 heavy (non-hydrogen) atoms. The van der Waals surface area contributed by atoms with E-state index < -0.39 is 0 Å². The molecule has 0 heterocycles. The van der Waals surface area contributed by atoms with Crippen LogP contribution in [-0.4, -0.2) is 23.5 Å². The van der Waals surface area contributed by atoms with E-state index in [9.17, 15) is 14.4 Å². The number of rotatable bonds is 11. The molecule has 0 rings (SSSR count). The van der Waals surface area contributed by atoms with Gasteiger partial charge in [-0.1, -0.05) is 76.2 Å². The van der Waals surface area contributed by atoms with E-state index >= 15 is 0 Å². The highest BCUT2D eigenvalue weighted by Crippen LogP contribution is 2.19. The number of ketones is 2. The van der Waals surface area contributed by atoms with Gasteiger partial charge in [-0.25, -0.2) is 0 Å². The molecule has 0 aliphatic heterocycles. The molecule has 0 aromatic rings. The van der Waals surface area contributed by atoms with E-state index in [0.29, 0.717) is 41.7 Å². The fraction of sp³-hybridized carbons (Fsp3) is 0.893. The van der Waals surface area contributed by atoms with Crippen molar-refractivity contribution < 1.29 is 14.4 Å². The minimum Gasteiger partial charge on any atom is -0.354 e. The minimum absolute atomic E-state index is 0.144. The maximum absolute atomic E-state index is 11.4. The first-order chi connectivity index (χ1) is 14.4. The van der Waals surface area contributed by atoms with Gasteiger partial charge in [0, 0.05) is 37.1 Å². The molecule has 0 aliphatic rings. The third-order valence-corrected chi connectivity index (χ3v) is 4.47. The molecule has 0 unspecified atom stereocenters. The van der Waals surface area contributed by atoms with Gasteiger partial charge in [0.1, 0.15) is 11.6 Å². The molecular weight excluding hydrogens is 398 g/mol. The highest BCUT2D eigenvalue weighted by molar-refractivity contribution is 5.83. The van der Waals surface area contributed by atoms with E-state index in [-0.39, 0.29) is 17.4 Å². The largest absolute Gasteiger partial charge is 0.354 e. The molecule has 0 saturated carbocycles. The summed E-state index contributed by atoms with van der Waals surface area (Å²) in [7, 11) is 0. The summed E-state index contributed by atoms with van der Waals surface area (Å²) in [5.41, 5.74) is -0.144. The molecule has 0 aromatic heterocycles.